The van der Waals surface area contributed by atoms with Crippen LogP contribution in [-0.4, -0.2) is 46.2 Å². The Labute approximate surface area is 99.0 Å². The van der Waals surface area contributed by atoms with Crippen LogP contribution in [0, 0.1) is 0 Å². The number of nitrogens with one attached hydrogen (secondary N) is 1. The minimum Gasteiger partial charge on any atom is -0.376 e. The summed E-state index contributed by atoms with van der Waals surface area (Å²) in [6.07, 6.45) is 0.663. The number of hydrogen-bond acceptors (Lipinski definition) is 4. The Morgan fingerprint density at radius 2 is 2.06 bits per heavy atom. The van der Waals surface area contributed by atoms with Gasteiger partial charge >= 0.3 is 0 Å². The van der Waals surface area contributed by atoms with Crippen LogP contribution in [0.4, 0.5) is 0 Å². The monoisotopic (exact) mass is 249 g/mol. The predicted octanol–water partition coefficient (Wildman–Crippen LogP) is 0.994. The maximum Gasteiger partial charge on any atom is 0.150 e. The van der Waals surface area contributed by atoms with Gasteiger partial charge in [-0.15, -0.1) is 0 Å². The fourth-order valence-electron chi connectivity index (χ4n) is 1.08. The van der Waals surface area contributed by atoms with Crippen molar-refractivity contribution in [1.82, 2.24) is 5.32 Å². The van der Waals surface area contributed by atoms with Gasteiger partial charge in [0.05, 0.1) is 19.0 Å². The molecule has 0 saturated heterocycles. The minimum absolute atomic E-state index is 0.231. The van der Waals surface area contributed by atoms with Gasteiger partial charge in [0.2, 0.25) is 0 Å². The summed E-state index contributed by atoms with van der Waals surface area (Å²) in [5.74, 6) is 0.498. The Balaban J connectivity index is 3.25. The standard InChI is InChI=1S/C11H23NO3S/c1-4-16(13,14)9-5-6-12-7-8-15-10-11(2)3/h12H,2,4-10H2,1,3H3. The topological polar surface area (TPSA) is 55.4 Å². The SMILES string of the molecule is C=C(C)COCCNCCCS(=O)(=O)CC. The van der Waals surface area contributed by atoms with Crippen molar-refractivity contribution in [1.29, 1.82) is 0 Å². The molecule has 0 rings (SSSR count). The van der Waals surface area contributed by atoms with Gasteiger partial charge in [-0.3, -0.25) is 0 Å². The van der Waals surface area contributed by atoms with Crippen LogP contribution in [0.2, 0.25) is 0 Å². The molecule has 0 spiro atoms. The summed E-state index contributed by atoms with van der Waals surface area (Å²) in [5, 5.41) is 3.14. The highest BCUT2D eigenvalue weighted by molar-refractivity contribution is 7.91. The molecular weight excluding hydrogens is 226 g/mol. The molecule has 0 aliphatic rings. The first-order chi connectivity index (χ1) is 7.48. The lowest BCUT2D eigenvalue weighted by Gasteiger charge is -2.06. The highest BCUT2D eigenvalue weighted by Crippen LogP contribution is 1.92. The van der Waals surface area contributed by atoms with Gasteiger partial charge < -0.3 is 10.1 Å². The minimum atomic E-state index is -2.81. The second-order valence-electron chi connectivity index (χ2n) is 3.85. The first-order valence-corrected chi connectivity index (χ1v) is 7.43. The average molecular weight is 249 g/mol. The second-order valence-corrected chi connectivity index (χ2v) is 6.32. The van der Waals surface area contributed by atoms with Crippen molar-refractivity contribution in [3.05, 3.63) is 12.2 Å². The summed E-state index contributed by atoms with van der Waals surface area (Å²) in [4.78, 5) is 0. The molecule has 4 nitrogen and oxygen atoms in total. The molecule has 0 aromatic rings. The lowest BCUT2D eigenvalue weighted by atomic mass is 10.4. The van der Waals surface area contributed by atoms with Crippen LogP contribution in [-0.2, 0) is 14.6 Å². The van der Waals surface area contributed by atoms with Crippen molar-refractivity contribution in [2.45, 2.75) is 20.3 Å². The van der Waals surface area contributed by atoms with E-state index in [1.54, 1.807) is 6.92 Å². The number of sulfone groups is 1. The summed E-state index contributed by atoms with van der Waals surface area (Å²) < 4.78 is 27.6. The quantitative estimate of drug-likeness (QED) is 0.463. The third kappa shape index (κ3) is 10.1. The van der Waals surface area contributed by atoms with Crippen molar-refractivity contribution in [2.75, 3.05) is 37.8 Å². The zero-order valence-electron chi connectivity index (χ0n) is 10.3. The number of ether oxygens (including phenoxy) is 1. The van der Waals surface area contributed by atoms with E-state index < -0.39 is 9.84 Å². The lowest BCUT2D eigenvalue weighted by Crippen LogP contribution is -2.23. The number of hydrogen-bond donors (Lipinski definition) is 1. The molecule has 0 amide bonds. The first-order valence-electron chi connectivity index (χ1n) is 5.61. The van der Waals surface area contributed by atoms with Gasteiger partial charge in [-0.2, -0.15) is 0 Å². The summed E-state index contributed by atoms with van der Waals surface area (Å²) in [6.45, 7) is 10.0. The third-order valence-corrected chi connectivity index (χ3v) is 3.81. The second kappa shape index (κ2) is 8.73. The van der Waals surface area contributed by atoms with E-state index in [1.807, 2.05) is 6.92 Å². The van der Waals surface area contributed by atoms with Crippen LogP contribution in [0.3, 0.4) is 0 Å². The molecule has 0 aliphatic carbocycles. The van der Waals surface area contributed by atoms with E-state index in [2.05, 4.69) is 11.9 Å². The Morgan fingerprint density at radius 3 is 2.62 bits per heavy atom. The Kier molecular flexibility index (Phi) is 8.51. The van der Waals surface area contributed by atoms with Gasteiger partial charge in [0.25, 0.3) is 0 Å². The molecule has 0 aromatic carbocycles. The maximum atomic E-state index is 11.1. The van der Waals surface area contributed by atoms with E-state index in [4.69, 9.17) is 4.74 Å². The first kappa shape index (κ1) is 15.6. The molecule has 0 unspecified atom stereocenters. The van der Waals surface area contributed by atoms with Gasteiger partial charge in [-0.1, -0.05) is 19.1 Å². The van der Waals surface area contributed by atoms with Crippen molar-refractivity contribution in [2.24, 2.45) is 0 Å². The van der Waals surface area contributed by atoms with Crippen molar-refractivity contribution < 1.29 is 13.2 Å². The average Bonchev–Trinajstić information content (AvgIpc) is 2.21. The predicted molar refractivity (Wildman–Crippen MR) is 67.4 cm³/mol. The van der Waals surface area contributed by atoms with E-state index in [0.29, 0.717) is 19.6 Å². The fourth-order valence-corrected chi connectivity index (χ4v) is 1.95. The Hall–Kier alpha value is -0.390. The van der Waals surface area contributed by atoms with E-state index >= 15 is 0 Å². The lowest BCUT2D eigenvalue weighted by molar-refractivity contribution is 0.158. The summed E-state index contributed by atoms with van der Waals surface area (Å²) >= 11 is 0. The Bertz CT molecular complexity index is 286. The van der Waals surface area contributed by atoms with E-state index in [1.165, 1.54) is 0 Å². The van der Waals surface area contributed by atoms with Crippen LogP contribution < -0.4 is 5.32 Å². The zero-order valence-corrected chi connectivity index (χ0v) is 11.1. The molecule has 0 bridgehead atoms. The molecule has 0 aliphatic heterocycles. The fraction of sp³-hybridized carbons (Fsp3) is 0.818. The molecular formula is C11H23NO3S. The highest BCUT2D eigenvalue weighted by Gasteiger charge is 2.05. The van der Waals surface area contributed by atoms with Crippen LogP contribution in [0.5, 0.6) is 0 Å². The van der Waals surface area contributed by atoms with Gasteiger partial charge in [0.15, 0.2) is 0 Å². The van der Waals surface area contributed by atoms with Crippen LogP contribution >= 0.6 is 0 Å². The van der Waals surface area contributed by atoms with Crippen molar-refractivity contribution in [3.63, 3.8) is 0 Å². The third-order valence-electron chi connectivity index (χ3n) is 2.02. The van der Waals surface area contributed by atoms with Crippen molar-refractivity contribution in [3.8, 4) is 0 Å². The highest BCUT2D eigenvalue weighted by atomic mass is 32.2. The van der Waals surface area contributed by atoms with Gasteiger partial charge in [-0.25, -0.2) is 8.42 Å². The molecule has 5 heteroatoms. The molecule has 0 atom stereocenters. The molecule has 0 saturated carbocycles. The molecule has 0 fully saturated rings. The Morgan fingerprint density at radius 1 is 1.38 bits per heavy atom. The zero-order chi connectivity index (χ0) is 12.4. The molecule has 0 heterocycles. The molecule has 0 aromatic heterocycles. The molecule has 96 valence electrons. The smallest absolute Gasteiger partial charge is 0.150 e. The normalized spacial score (nSPS) is 11.6. The van der Waals surface area contributed by atoms with Crippen LogP contribution in [0.1, 0.15) is 20.3 Å². The van der Waals surface area contributed by atoms with Crippen LogP contribution in [0.15, 0.2) is 12.2 Å². The van der Waals surface area contributed by atoms with E-state index in [9.17, 15) is 8.42 Å². The molecule has 16 heavy (non-hydrogen) atoms. The van der Waals surface area contributed by atoms with E-state index in [-0.39, 0.29) is 11.5 Å². The van der Waals surface area contributed by atoms with Crippen LogP contribution in [0.25, 0.3) is 0 Å². The maximum absolute atomic E-state index is 11.1. The van der Waals surface area contributed by atoms with Gasteiger partial charge in [-0.05, 0) is 19.9 Å². The summed E-state index contributed by atoms with van der Waals surface area (Å²) in [7, 11) is -2.81. The van der Waals surface area contributed by atoms with E-state index in [0.717, 1.165) is 18.7 Å². The largest absolute Gasteiger partial charge is 0.376 e. The molecule has 0 radical (unpaired) electrons. The van der Waals surface area contributed by atoms with Gasteiger partial charge in [0, 0.05) is 12.3 Å². The van der Waals surface area contributed by atoms with Crippen molar-refractivity contribution >= 4 is 9.84 Å². The summed E-state index contributed by atoms with van der Waals surface area (Å²) in [6, 6.07) is 0. The van der Waals surface area contributed by atoms with Gasteiger partial charge in [0.1, 0.15) is 9.84 Å². The molecule has 1 N–H and O–H groups in total. The summed E-state index contributed by atoms with van der Waals surface area (Å²) in [5.41, 5.74) is 1.01. The number of rotatable bonds is 10.